The Morgan fingerprint density at radius 3 is 2.00 bits per heavy atom. The van der Waals surface area contributed by atoms with E-state index in [1.165, 1.54) is 22.3 Å². The van der Waals surface area contributed by atoms with Crippen LogP contribution in [-0.4, -0.2) is 12.4 Å². The molecule has 0 heterocycles. The molecule has 1 aliphatic carbocycles. The van der Waals surface area contributed by atoms with E-state index in [9.17, 15) is 4.79 Å². The molecule has 1 fully saturated rings. The molecule has 26 heavy (non-hydrogen) atoms. The fraction of sp³-hybridized carbons (Fsp3) is 0.208. The normalized spacial score (nSPS) is 18.3. The van der Waals surface area contributed by atoms with Gasteiger partial charge in [0.2, 0.25) is 0 Å². The predicted octanol–water partition coefficient (Wildman–Crippen LogP) is 5.62. The molecule has 130 valence electrons. The number of hydrogen-bond donors (Lipinski definition) is 0. The summed E-state index contributed by atoms with van der Waals surface area (Å²) >= 11 is 0. The fourth-order valence-electron chi connectivity index (χ4n) is 3.47. The fourth-order valence-corrected chi connectivity index (χ4v) is 3.47. The predicted molar refractivity (Wildman–Crippen MR) is 105 cm³/mol. The Morgan fingerprint density at radius 1 is 0.846 bits per heavy atom. The van der Waals surface area contributed by atoms with Crippen molar-refractivity contribution in [3.63, 3.8) is 0 Å². The number of carbonyl (C=O) groups excluding carboxylic acids is 1. The third-order valence-electron chi connectivity index (χ3n) is 5.09. The lowest BCUT2D eigenvalue weighted by molar-refractivity contribution is -0.118. The zero-order valence-corrected chi connectivity index (χ0v) is 14.9. The standard InChI is InChI=1S/C24H22O2/c1-17(25)24-15-20(24)16-26-21-13-11-19(12-14-21)23-10-6-5-9-22(23)18-7-3-2-4-8-18/h2-14,20,24H,15-16H2,1H3. The second kappa shape index (κ2) is 7.17. The summed E-state index contributed by atoms with van der Waals surface area (Å²) in [7, 11) is 0. The van der Waals surface area contributed by atoms with Crippen LogP contribution in [-0.2, 0) is 4.79 Å². The van der Waals surface area contributed by atoms with Crippen molar-refractivity contribution in [1.82, 2.24) is 0 Å². The summed E-state index contributed by atoms with van der Waals surface area (Å²) < 4.78 is 5.86. The number of hydrogen-bond acceptors (Lipinski definition) is 2. The van der Waals surface area contributed by atoms with E-state index < -0.39 is 0 Å². The third kappa shape index (κ3) is 3.55. The Labute approximate surface area is 154 Å². The minimum atomic E-state index is 0.215. The van der Waals surface area contributed by atoms with Crippen molar-refractivity contribution in [3.8, 4) is 28.0 Å². The summed E-state index contributed by atoms with van der Waals surface area (Å²) in [5.41, 5.74) is 4.82. The Kier molecular flexibility index (Phi) is 4.57. The van der Waals surface area contributed by atoms with Crippen molar-refractivity contribution < 1.29 is 9.53 Å². The Hall–Kier alpha value is -2.87. The van der Waals surface area contributed by atoms with E-state index in [1.54, 1.807) is 6.92 Å². The molecule has 0 aliphatic heterocycles. The average molecular weight is 342 g/mol. The molecular weight excluding hydrogens is 320 g/mol. The van der Waals surface area contributed by atoms with Crippen LogP contribution in [0.15, 0.2) is 78.9 Å². The summed E-state index contributed by atoms with van der Waals surface area (Å²) in [5, 5.41) is 0. The minimum absolute atomic E-state index is 0.215. The van der Waals surface area contributed by atoms with E-state index in [4.69, 9.17) is 4.74 Å². The van der Waals surface area contributed by atoms with Gasteiger partial charge in [0.15, 0.2) is 0 Å². The van der Waals surface area contributed by atoms with Gasteiger partial charge in [-0.05, 0) is 47.7 Å². The van der Waals surface area contributed by atoms with Crippen molar-refractivity contribution in [2.24, 2.45) is 11.8 Å². The SMILES string of the molecule is CC(=O)C1CC1COc1ccc(-c2ccccc2-c2ccccc2)cc1. The van der Waals surface area contributed by atoms with E-state index >= 15 is 0 Å². The van der Waals surface area contributed by atoms with E-state index in [-0.39, 0.29) is 11.7 Å². The Bertz CT molecular complexity index is 897. The Balaban J connectivity index is 1.50. The molecule has 1 saturated carbocycles. The molecule has 3 aromatic rings. The van der Waals surface area contributed by atoms with Crippen LogP contribution in [0.3, 0.4) is 0 Å². The van der Waals surface area contributed by atoms with Crippen LogP contribution in [0.1, 0.15) is 13.3 Å². The van der Waals surface area contributed by atoms with Gasteiger partial charge in [-0.25, -0.2) is 0 Å². The Morgan fingerprint density at radius 2 is 1.42 bits per heavy atom. The molecule has 2 unspecified atom stereocenters. The van der Waals surface area contributed by atoms with Crippen LogP contribution in [0.4, 0.5) is 0 Å². The van der Waals surface area contributed by atoms with E-state index in [0.29, 0.717) is 12.5 Å². The van der Waals surface area contributed by atoms with Gasteiger partial charge in [0.25, 0.3) is 0 Å². The number of benzene rings is 3. The number of Topliss-reactive ketones (excluding diaryl/α,β-unsaturated/α-hetero) is 1. The molecule has 4 rings (SSSR count). The highest BCUT2D eigenvalue weighted by Gasteiger charge is 2.41. The van der Waals surface area contributed by atoms with Gasteiger partial charge >= 0.3 is 0 Å². The number of ether oxygens (including phenoxy) is 1. The van der Waals surface area contributed by atoms with Gasteiger partial charge in [0, 0.05) is 11.8 Å². The molecule has 2 nitrogen and oxygen atoms in total. The first-order valence-electron chi connectivity index (χ1n) is 9.10. The van der Waals surface area contributed by atoms with E-state index in [2.05, 4.69) is 60.7 Å². The zero-order valence-electron chi connectivity index (χ0n) is 14.9. The molecule has 0 saturated heterocycles. The van der Waals surface area contributed by atoms with Gasteiger partial charge in [0.05, 0.1) is 6.61 Å². The topological polar surface area (TPSA) is 26.3 Å². The van der Waals surface area contributed by atoms with Gasteiger partial charge in [-0.1, -0.05) is 66.7 Å². The molecule has 1 aliphatic rings. The minimum Gasteiger partial charge on any atom is -0.493 e. The maximum absolute atomic E-state index is 11.3. The quantitative estimate of drug-likeness (QED) is 0.581. The van der Waals surface area contributed by atoms with Crippen LogP contribution in [0, 0.1) is 11.8 Å². The molecule has 0 spiro atoms. The van der Waals surface area contributed by atoms with Crippen LogP contribution in [0.25, 0.3) is 22.3 Å². The lowest BCUT2D eigenvalue weighted by Crippen LogP contribution is -2.04. The molecule has 0 aromatic heterocycles. The van der Waals surface area contributed by atoms with Gasteiger partial charge < -0.3 is 4.74 Å². The third-order valence-corrected chi connectivity index (χ3v) is 5.09. The summed E-state index contributed by atoms with van der Waals surface area (Å²) in [6.07, 6.45) is 0.970. The molecule has 3 aromatic carbocycles. The van der Waals surface area contributed by atoms with Crippen LogP contribution in [0.2, 0.25) is 0 Å². The highest BCUT2D eigenvalue weighted by molar-refractivity contribution is 5.83. The molecule has 0 bridgehead atoms. The molecule has 2 heteroatoms. The second-order valence-electron chi connectivity index (χ2n) is 6.96. The largest absolute Gasteiger partial charge is 0.493 e. The molecule has 0 amide bonds. The monoisotopic (exact) mass is 342 g/mol. The van der Waals surface area contributed by atoms with Gasteiger partial charge in [0.1, 0.15) is 11.5 Å². The summed E-state index contributed by atoms with van der Waals surface area (Å²) in [6.45, 7) is 2.30. The van der Waals surface area contributed by atoms with Gasteiger partial charge in [-0.15, -0.1) is 0 Å². The zero-order chi connectivity index (χ0) is 17.9. The smallest absolute Gasteiger partial charge is 0.133 e. The van der Waals surface area contributed by atoms with Crippen LogP contribution in [0.5, 0.6) is 5.75 Å². The van der Waals surface area contributed by atoms with Crippen molar-refractivity contribution in [1.29, 1.82) is 0 Å². The number of carbonyl (C=O) groups is 1. The second-order valence-corrected chi connectivity index (χ2v) is 6.96. The van der Waals surface area contributed by atoms with Crippen molar-refractivity contribution >= 4 is 5.78 Å². The van der Waals surface area contributed by atoms with E-state index in [1.807, 2.05) is 18.2 Å². The molecule has 2 atom stereocenters. The lowest BCUT2D eigenvalue weighted by Gasteiger charge is -2.11. The first-order valence-corrected chi connectivity index (χ1v) is 9.10. The molecule has 0 N–H and O–H groups in total. The average Bonchev–Trinajstić information content (AvgIpc) is 3.48. The summed E-state index contributed by atoms with van der Waals surface area (Å²) in [5.74, 6) is 1.75. The highest BCUT2D eigenvalue weighted by atomic mass is 16.5. The first kappa shape index (κ1) is 16.6. The van der Waals surface area contributed by atoms with Crippen LogP contribution < -0.4 is 4.74 Å². The van der Waals surface area contributed by atoms with Crippen molar-refractivity contribution in [2.75, 3.05) is 6.61 Å². The highest BCUT2D eigenvalue weighted by Crippen LogP contribution is 2.39. The lowest BCUT2D eigenvalue weighted by atomic mass is 9.95. The van der Waals surface area contributed by atoms with Crippen LogP contribution >= 0.6 is 0 Å². The van der Waals surface area contributed by atoms with Crippen molar-refractivity contribution in [3.05, 3.63) is 78.9 Å². The molecular formula is C24H22O2. The molecule has 0 radical (unpaired) electrons. The first-order chi connectivity index (χ1) is 12.7. The van der Waals surface area contributed by atoms with Gasteiger partial charge in [-0.2, -0.15) is 0 Å². The number of rotatable bonds is 6. The van der Waals surface area contributed by atoms with E-state index in [0.717, 1.165) is 12.2 Å². The maximum Gasteiger partial charge on any atom is 0.133 e. The van der Waals surface area contributed by atoms with Gasteiger partial charge in [-0.3, -0.25) is 4.79 Å². The maximum atomic E-state index is 11.3. The number of ketones is 1. The van der Waals surface area contributed by atoms with Crippen molar-refractivity contribution in [2.45, 2.75) is 13.3 Å². The summed E-state index contributed by atoms with van der Waals surface area (Å²) in [4.78, 5) is 11.3. The summed E-state index contributed by atoms with van der Waals surface area (Å²) in [6, 6.07) is 27.1.